The number of rotatable bonds is 4. The van der Waals surface area contributed by atoms with E-state index in [1.54, 1.807) is 6.92 Å². The smallest absolute Gasteiger partial charge is 0.335 e. The highest BCUT2D eigenvalue weighted by Crippen LogP contribution is 2.03. The van der Waals surface area contributed by atoms with Gasteiger partial charge in [-0.25, -0.2) is 4.79 Å². The van der Waals surface area contributed by atoms with Crippen LogP contribution in [0.5, 0.6) is 0 Å². The molecule has 0 spiro atoms. The van der Waals surface area contributed by atoms with Crippen molar-refractivity contribution in [2.45, 2.75) is 20.0 Å². The van der Waals surface area contributed by atoms with Crippen LogP contribution in [0.1, 0.15) is 13.8 Å². The van der Waals surface area contributed by atoms with Crippen molar-refractivity contribution in [3.05, 3.63) is 0 Å². The number of esters is 1. The van der Waals surface area contributed by atoms with Crippen molar-refractivity contribution in [2.24, 2.45) is 11.7 Å². The summed E-state index contributed by atoms with van der Waals surface area (Å²) in [7, 11) is 0. The number of carbonyl (C=O) groups is 2. The van der Waals surface area contributed by atoms with Crippen LogP contribution in [0.3, 0.4) is 0 Å². The van der Waals surface area contributed by atoms with E-state index in [2.05, 4.69) is 4.74 Å². The Morgan fingerprint density at radius 3 is 2.42 bits per heavy atom. The summed E-state index contributed by atoms with van der Waals surface area (Å²) in [6.07, 6.45) is -1.46. The first-order valence-corrected chi connectivity index (χ1v) is 3.64. The second-order valence-corrected chi connectivity index (χ2v) is 2.39. The van der Waals surface area contributed by atoms with Crippen molar-refractivity contribution in [3.63, 3.8) is 0 Å². The van der Waals surface area contributed by atoms with Crippen molar-refractivity contribution in [3.8, 4) is 0 Å². The van der Waals surface area contributed by atoms with Crippen LogP contribution < -0.4 is 5.73 Å². The molecule has 0 aromatic rings. The molecule has 2 atom stereocenters. The first-order valence-electron chi connectivity index (χ1n) is 3.64. The molecule has 0 aliphatic carbocycles. The van der Waals surface area contributed by atoms with Crippen molar-refractivity contribution >= 4 is 11.9 Å². The Morgan fingerprint density at radius 1 is 1.58 bits per heavy atom. The molecule has 70 valence electrons. The molecule has 0 bridgehead atoms. The molecule has 0 radical (unpaired) electrons. The van der Waals surface area contributed by atoms with E-state index in [0.29, 0.717) is 0 Å². The van der Waals surface area contributed by atoms with E-state index in [1.165, 1.54) is 6.92 Å². The standard InChI is InChI=1S/C7H13NO4/c1-3-12-7(11)5(9)4(2)6(8)10/h4-5,9H,3H2,1-2H3,(H2,8,10)/t4-,5+/m1/s1. The number of aliphatic hydroxyl groups excluding tert-OH is 1. The first kappa shape index (κ1) is 10.9. The zero-order valence-electron chi connectivity index (χ0n) is 7.11. The van der Waals surface area contributed by atoms with Gasteiger partial charge in [0.2, 0.25) is 5.91 Å². The average molecular weight is 175 g/mol. The van der Waals surface area contributed by atoms with Gasteiger partial charge in [-0.1, -0.05) is 6.92 Å². The average Bonchev–Trinajstić information content (AvgIpc) is 2.02. The Morgan fingerprint density at radius 2 is 2.08 bits per heavy atom. The molecule has 0 aromatic heterocycles. The highest BCUT2D eigenvalue weighted by molar-refractivity contribution is 5.85. The molecule has 12 heavy (non-hydrogen) atoms. The lowest BCUT2D eigenvalue weighted by Crippen LogP contribution is -2.37. The van der Waals surface area contributed by atoms with Crippen LogP contribution in [0.15, 0.2) is 0 Å². The van der Waals surface area contributed by atoms with E-state index >= 15 is 0 Å². The highest BCUT2D eigenvalue weighted by atomic mass is 16.5. The minimum absolute atomic E-state index is 0.168. The normalized spacial score (nSPS) is 14.9. The van der Waals surface area contributed by atoms with Gasteiger partial charge in [-0.15, -0.1) is 0 Å². The predicted molar refractivity (Wildman–Crippen MR) is 41.0 cm³/mol. The fourth-order valence-electron chi connectivity index (χ4n) is 0.587. The zero-order chi connectivity index (χ0) is 9.72. The Balaban J connectivity index is 4.09. The van der Waals surface area contributed by atoms with E-state index in [-0.39, 0.29) is 6.61 Å². The van der Waals surface area contributed by atoms with Gasteiger partial charge in [0.05, 0.1) is 12.5 Å². The molecule has 0 saturated carbocycles. The van der Waals surface area contributed by atoms with Crippen molar-refractivity contribution in [1.82, 2.24) is 0 Å². The second kappa shape index (κ2) is 4.71. The first-order chi connectivity index (χ1) is 5.50. The third-order valence-corrected chi connectivity index (χ3v) is 1.45. The fraction of sp³-hybridized carbons (Fsp3) is 0.714. The SMILES string of the molecule is CCOC(=O)[C@@H](O)[C@@H](C)C(N)=O. The number of hydrogen-bond donors (Lipinski definition) is 2. The minimum atomic E-state index is -1.46. The highest BCUT2D eigenvalue weighted by Gasteiger charge is 2.27. The van der Waals surface area contributed by atoms with Crippen LogP contribution in [-0.4, -0.2) is 29.7 Å². The number of carbonyl (C=O) groups excluding carboxylic acids is 2. The predicted octanol–water partition coefficient (Wildman–Crippen LogP) is -0.968. The molecule has 0 unspecified atom stereocenters. The summed E-state index contributed by atoms with van der Waals surface area (Å²) >= 11 is 0. The molecular formula is C7H13NO4. The van der Waals surface area contributed by atoms with E-state index in [1.807, 2.05) is 0 Å². The van der Waals surface area contributed by atoms with Gasteiger partial charge in [-0.2, -0.15) is 0 Å². The molecule has 3 N–H and O–H groups in total. The summed E-state index contributed by atoms with van der Waals surface area (Å²) in [5, 5.41) is 9.11. The number of hydrogen-bond acceptors (Lipinski definition) is 4. The van der Waals surface area contributed by atoms with Crippen molar-refractivity contribution in [1.29, 1.82) is 0 Å². The van der Waals surface area contributed by atoms with Gasteiger partial charge < -0.3 is 15.6 Å². The van der Waals surface area contributed by atoms with Crippen molar-refractivity contribution in [2.75, 3.05) is 6.61 Å². The topological polar surface area (TPSA) is 89.6 Å². The lowest BCUT2D eigenvalue weighted by Gasteiger charge is -2.13. The maximum Gasteiger partial charge on any atom is 0.335 e. The van der Waals surface area contributed by atoms with Gasteiger partial charge in [-0.05, 0) is 6.92 Å². The second-order valence-electron chi connectivity index (χ2n) is 2.39. The maximum atomic E-state index is 10.8. The summed E-state index contributed by atoms with van der Waals surface area (Å²) < 4.78 is 4.48. The number of nitrogens with two attached hydrogens (primary N) is 1. The lowest BCUT2D eigenvalue weighted by molar-refractivity contribution is -0.157. The Kier molecular flexibility index (Phi) is 4.28. The van der Waals surface area contributed by atoms with Crippen LogP contribution in [-0.2, 0) is 14.3 Å². The van der Waals surface area contributed by atoms with Gasteiger partial charge in [0.1, 0.15) is 0 Å². The molecule has 0 aromatic carbocycles. The summed E-state index contributed by atoms with van der Waals surface area (Å²) in [5.41, 5.74) is 4.86. The summed E-state index contributed by atoms with van der Waals surface area (Å²) in [6, 6.07) is 0. The molecule has 1 amide bonds. The van der Waals surface area contributed by atoms with Crippen LogP contribution in [0, 0.1) is 5.92 Å². The van der Waals surface area contributed by atoms with E-state index < -0.39 is 23.9 Å². The monoisotopic (exact) mass is 175 g/mol. The van der Waals surface area contributed by atoms with E-state index in [0.717, 1.165) is 0 Å². The third-order valence-electron chi connectivity index (χ3n) is 1.45. The van der Waals surface area contributed by atoms with Gasteiger partial charge in [0, 0.05) is 0 Å². The Labute approximate surface area is 70.5 Å². The zero-order valence-corrected chi connectivity index (χ0v) is 7.11. The number of ether oxygens (including phenoxy) is 1. The number of aliphatic hydroxyl groups is 1. The van der Waals surface area contributed by atoms with Gasteiger partial charge in [-0.3, -0.25) is 4.79 Å². The molecule has 0 fully saturated rings. The maximum absolute atomic E-state index is 10.8. The molecule has 5 heteroatoms. The molecule has 5 nitrogen and oxygen atoms in total. The van der Waals surface area contributed by atoms with E-state index in [9.17, 15) is 9.59 Å². The lowest BCUT2D eigenvalue weighted by atomic mass is 10.1. The summed E-state index contributed by atoms with van der Waals surface area (Å²) in [6.45, 7) is 3.14. The van der Waals surface area contributed by atoms with Crippen LogP contribution in [0.25, 0.3) is 0 Å². The van der Waals surface area contributed by atoms with Crippen molar-refractivity contribution < 1.29 is 19.4 Å². The molecular weight excluding hydrogens is 162 g/mol. The molecule has 0 rings (SSSR count). The number of primary amides is 1. The van der Waals surface area contributed by atoms with Gasteiger partial charge in [0.15, 0.2) is 6.10 Å². The minimum Gasteiger partial charge on any atom is -0.464 e. The Bertz CT molecular complexity index is 180. The summed E-state index contributed by atoms with van der Waals surface area (Å²) in [4.78, 5) is 21.3. The molecule has 0 heterocycles. The molecule has 0 aliphatic heterocycles. The Hall–Kier alpha value is -1.10. The van der Waals surface area contributed by atoms with Crippen LogP contribution in [0.2, 0.25) is 0 Å². The largest absolute Gasteiger partial charge is 0.464 e. The van der Waals surface area contributed by atoms with E-state index in [4.69, 9.17) is 10.8 Å². The number of amides is 1. The third kappa shape index (κ3) is 2.87. The summed E-state index contributed by atoms with van der Waals surface area (Å²) in [5.74, 6) is -2.46. The fourth-order valence-corrected chi connectivity index (χ4v) is 0.587. The van der Waals surface area contributed by atoms with Crippen LogP contribution >= 0.6 is 0 Å². The van der Waals surface area contributed by atoms with Gasteiger partial charge >= 0.3 is 5.97 Å². The van der Waals surface area contributed by atoms with Crippen LogP contribution in [0.4, 0.5) is 0 Å². The molecule has 0 saturated heterocycles. The quantitative estimate of drug-likeness (QED) is 0.538. The van der Waals surface area contributed by atoms with Gasteiger partial charge in [0.25, 0.3) is 0 Å². The molecule has 0 aliphatic rings.